The fourth-order valence-corrected chi connectivity index (χ4v) is 2.42. The standard InChI is InChI=1S/C21H18O5/c22-17-6-1-15(2-7-17)3-8-18(23)14-19(24)9-4-16-5-10-20-21(13-16)26-12-11-25-20/h1-10,13,22H,11-12,14H2. The summed E-state index contributed by atoms with van der Waals surface area (Å²) in [4.78, 5) is 23.8. The number of carbonyl (C=O) groups excluding carboxylic acids is 2. The predicted octanol–water partition coefficient (Wildman–Crippen LogP) is 3.42. The summed E-state index contributed by atoms with van der Waals surface area (Å²) >= 11 is 0. The van der Waals surface area contributed by atoms with E-state index in [1.807, 2.05) is 6.07 Å². The number of allylic oxidation sites excluding steroid dienone is 2. The van der Waals surface area contributed by atoms with Crippen LogP contribution in [-0.4, -0.2) is 29.9 Å². The molecule has 0 atom stereocenters. The van der Waals surface area contributed by atoms with Crippen molar-refractivity contribution in [2.45, 2.75) is 6.42 Å². The zero-order valence-corrected chi connectivity index (χ0v) is 14.1. The monoisotopic (exact) mass is 350 g/mol. The third-order valence-electron chi connectivity index (χ3n) is 3.73. The molecule has 1 aliphatic rings. The third-order valence-corrected chi connectivity index (χ3v) is 3.73. The Kier molecular flexibility index (Phi) is 5.49. The maximum Gasteiger partial charge on any atom is 0.163 e. The lowest BCUT2D eigenvalue weighted by Gasteiger charge is -2.18. The normalized spacial score (nSPS) is 13.2. The Balaban J connectivity index is 1.55. The van der Waals surface area contributed by atoms with E-state index in [9.17, 15) is 14.7 Å². The lowest BCUT2D eigenvalue weighted by atomic mass is 10.1. The summed E-state index contributed by atoms with van der Waals surface area (Å²) in [6, 6.07) is 11.8. The molecule has 0 saturated heterocycles. The molecule has 0 aromatic heterocycles. The van der Waals surface area contributed by atoms with Gasteiger partial charge in [-0.3, -0.25) is 9.59 Å². The summed E-state index contributed by atoms with van der Waals surface area (Å²) in [5.41, 5.74) is 1.57. The number of rotatable bonds is 6. The molecule has 5 nitrogen and oxygen atoms in total. The minimum absolute atomic E-state index is 0.160. The quantitative estimate of drug-likeness (QED) is 0.638. The van der Waals surface area contributed by atoms with E-state index in [4.69, 9.17) is 9.47 Å². The molecule has 0 saturated carbocycles. The van der Waals surface area contributed by atoms with E-state index in [0.717, 1.165) is 11.1 Å². The maximum absolute atomic E-state index is 11.9. The minimum Gasteiger partial charge on any atom is -0.508 e. The second-order valence-electron chi connectivity index (χ2n) is 5.77. The van der Waals surface area contributed by atoms with Gasteiger partial charge in [-0.05, 0) is 47.5 Å². The Morgan fingerprint density at radius 3 is 2.12 bits per heavy atom. The lowest BCUT2D eigenvalue weighted by Crippen LogP contribution is -2.15. The van der Waals surface area contributed by atoms with E-state index < -0.39 is 0 Å². The van der Waals surface area contributed by atoms with Crippen LogP contribution in [0.3, 0.4) is 0 Å². The van der Waals surface area contributed by atoms with Crippen LogP contribution in [0.15, 0.2) is 54.6 Å². The van der Waals surface area contributed by atoms with Gasteiger partial charge in [-0.1, -0.05) is 30.4 Å². The SMILES string of the molecule is O=C(C=Cc1ccc(O)cc1)CC(=O)C=Cc1ccc2c(c1)OCCO2. The third kappa shape index (κ3) is 4.83. The molecule has 1 N–H and O–H groups in total. The Hall–Kier alpha value is -3.34. The van der Waals surface area contributed by atoms with Crippen LogP contribution in [0.4, 0.5) is 0 Å². The molecule has 132 valence electrons. The molecule has 0 spiro atoms. The average molecular weight is 350 g/mol. The van der Waals surface area contributed by atoms with E-state index in [1.54, 1.807) is 36.4 Å². The van der Waals surface area contributed by atoms with Crippen LogP contribution >= 0.6 is 0 Å². The summed E-state index contributed by atoms with van der Waals surface area (Å²) in [6.07, 6.45) is 5.81. The van der Waals surface area contributed by atoms with E-state index in [1.165, 1.54) is 24.3 Å². The number of fused-ring (bicyclic) bond motifs is 1. The molecule has 5 heteroatoms. The predicted molar refractivity (Wildman–Crippen MR) is 98.2 cm³/mol. The zero-order chi connectivity index (χ0) is 18.4. The van der Waals surface area contributed by atoms with Crippen LogP contribution < -0.4 is 9.47 Å². The van der Waals surface area contributed by atoms with Gasteiger partial charge < -0.3 is 14.6 Å². The fraction of sp³-hybridized carbons (Fsp3) is 0.143. The number of hydrogen-bond donors (Lipinski definition) is 1. The Bertz CT molecular complexity index is 862. The van der Waals surface area contributed by atoms with Crippen molar-refractivity contribution >= 4 is 23.7 Å². The van der Waals surface area contributed by atoms with Gasteiger partial charge in [-0.25, -0.2) is 0 Å². The summed E-state index contributed by atoms with van der Waals surface area (Å²) in [7, 11) is 0. The number of ketones is 2. The van der Waals surface area contributed by atoms with Crippen LogP contribution in [0.1, 0.15) is 17.5 Å². The van der Waals surface area contributed by atoms with E-state index in [0.29, 0.717) is 24.7 Å². The van der Waals surface area contributed by atoms with Crippen molar-refractivity contribution in [2.24, 2.45) is 0 Å². The van der Waals surface area contributed by atoms with Crippen molar-refractivity contribution in [1.82, 2.24) is 0 Å². The van der Waals surface area contributed by atoms with Gasteiger partial charge in [-0.2, -0.15) is 0 Å². The first-order valence-electron chi connectivity index (χ1n) is 8.21. The first-order chi connectivity index (χ1) is 12.6. The van der Waals surface area contributed by atoms with Gasteiger partial charge in [0.2, 0.25) is 0 Å². The van der Waals surface area contributed by atoms with Crippen molar-refractivity contribution in [3.63, 3.8) is 0 Å². The summed E-state index contributed by atoms with van der Waals surface area (Å²) in [5.74, 6) is 0.941. The molecule has 1 heterocycles. The first kappa shape index (κ1) is 17.5. The van der Waals surface area contributed by atoms with Crippen LogP contribution in [-0.2, 0) is 9.59 Å². The summed E-state index contributed by atoms with van der Waals surface area (Å²) < 4.78 is 10.9. The number of hydrogen-bond acceptors (Lipinski definition) is 5. The second kappa shape index (κ2) is 8.16. The minimum atomic E-state index is -0.283. The highest BCUT2D eigenvalue weighted by Gasteiger charge is 2.11. The average Bonchev–Trinajstić information content (AvgIpc) is 2.66. The lowest BCUT2D eigenvalue weighted by molar-refractivity contribution is -0.121. The molecule has 0 unspecified atom stereocenters. The van der Waals surface area contributed by atoms with Gasteiger partial charge in [0.25, 0.3) is 0 Å². The smallest absolute Gasteiger partial charge is 0.163 e. The number of carbonyl (C=O) groups is 2. The molecule has 2 aromatic carbocycles. The van der Waals surface area contributed by atoms with Gasteiger partial charge in [0, 0.05) is 0 Å². The van der Waals surface area contributed by atoms with Crippen LogP contribution in [0.2, 0.25) is 0 Å². The number of phenols is 1. The molecular weight excluding hydrogens is 332 g/mol. The van der Waals surface area contributed by atoms with Crippen LogP contribution in [0.5, 0.6) is 17.2 Å². The highest BCUT2D eigenvalue weighted by Crippen LogP contribution is 2.31. The molecule has 26 heavy (non-hydrogen) atoms. The van der Waals surface area contributed by atoms with Crippen LogP contribution in [0, 0.1) is 0 Å². The Labute approximate surface area is 151 Å². The summed E-state index contributed by atoms with van der Waals surface area (Å²) in [5, 5.41) is 9.21. The van der Waals surface area contributed by atoms with Gasteiger partial charge in [0.05, 0.1) is 6.42 Å². The maximum atomic E-state index is 11.9. The molecule has 0 radical (unpaired) electrons. The first-order valence-corrected chi connectivity index (χ1v) is 8.21. The summed E-state index contributed by atoms with van der Waals surface area (Å²) in [6.45, 7) is 1.03. The number of benzene rings is 2. The molecule has 2 aromatic rings. The molecular formula is C21H18O5. The van der Waals surface area contributed by atoms with Crippen molar-refractivity contribution in [1.29, 1.82) is 0 Å². The highest BCUT2D eigenvalue weighted by molar-refractivity contribution is 6.10. The zero-order valence-electron chi connectivity index (χ0n) is 14.1. The van der Waals surface area contributed by atoms with Gasteiger partial charge in [0.1, 0.15) is 19.0 Å². The van der Waals surface area contributed by atoms with Crippen molar-refractivity contribution in [2.75, 3.05) is 13.2 Å². The topological polar surface area (TPSA) is 72.8 Å². The Morgan fingerprint density at radius 1 is 0.846 bits per heavy atom. The van der Waals surface area contributed by atoms with Crippen LogP contribution in [0.25, 0.3) is 12.2 Å². The molecule has 0 bridgehead atoms. The molecule has 0 aliphatic carbocycles. The second-order valence-corrected chi connectivity index (χ2v) is 5.77. The van der Waals surface area contributed by atoms with E-state index in [-0.39, 0.29) is 23.7 Å². The molecule has 1 aliphatic heterocycles. The largest absolute Gasteiger partial charge is 0.508 e. The van der Waals surface area contributed by atoms with E-state index in [2.05, 4.69) is 0 Å². The molecule has 0 fully saturated rings. The number of aromatic hydroxyl groups is 1. The number of phenolic OH excluding ortho intramolecular Hbond substituents is 1. The number of ether oxygens (including phenoxy) is 2. The van der Waals surface area contributed by atoms with Gasteiger partial charge in [0.15, 0.2) is 23.1 Å². The van der Waals surface area contributed by atoms with Gasteiger partial charge in [-0.15, -0.1) is 0 Å². The van der Waals surface area contributed by atoms with Crippen molar-refractivity contribution in [3.05, 3.63) is 65.7 Å². The van der Waals surface area contributed by atoms with E-state index >= 15 is 0 Å². The Morgan fingerprint density at radius 2 is 1.42 bits per heavy atom. The van der Waals surface area contributed by atoms with Crippen molar-refractivity contribution in [3.8, 4) is 17.2 Å². The molecule has 3 rings (SSSR count). The molecule has 0 amide bonds. The highest BCUT2D eigenvalue weighted by atomic mass is 16.6. The van der Waals surface area contributed by atoms with Crippen molar-refractivity contribution < 1.29 is 24.2 Å². The van der Waals surface area contributed by atoms with Gasteiger partial charge >= 0.3 is 0 Å². The fourth-order valence-electron chi connectivity index (χ4n) is 2.42.